The summed E-state index contributed by atoms with van der Waals surface area (Å²) in [5, 5.41) is 21.2. The van der Waals surface area contributed by atoms with Crippen LogP contribution in [0.25, 0.3) is 32.5 Å². The average molecular weight is 345 g/mol. The molecule has 0 saturated heterocycles. The molecule has 5 aromatic rings. The molecule has 0 bridgehead atoms. The van der Waals surface area contributed by atoms with Crippen LogP contribution in [0.3, 0.4) is 0 Å². The first-order valence-corrected chi connectivity index (χ1v) is 8.95. The molecule has 122 valence electrons. The normalized spacial score (nSPS) is 12.8. The molecule has 0 radical (unpaired) electrons. The van der Waals surface area contributed by atoms with Gasteiger partial charge in [-0.1, -0.05) is 36.4 Å². The van der Waals surface area contributed by atoms with E-state index in [1.165, 1.54) is 0 Å². The van der Waals surface area contributed by atoms with Crippen molar-refractivity contribution in [2.45, 2.75) is 6.10 Å². The van der Waals surface area contributed by atoms with Crippen LogP contribution >= 0.6 is 11.3 Å². The molecule has 3 heterocycles. The van der Waals surface area contributed by atoms with E-state index >= 15 is 0 Å². The lowest BCUT2D eigenvalue weighted by molar-refractivity contribution is 0.220. The molecule has 1 unspecified atom stereocenters. The topological polar surface area (TPSA) is 64.7 Å². The van der Waals surface area contributed by atoms with E-state index in [-0.39, 0.29) is 0 Å². The predicted octanol–water partition coefficient (Wildman–Crippen LogP) is 4.85. The minimum atomic E-state index is -0.627. The van der Waals surface area contributed by atoms with Crippen molar-refractivity contribution in [3.8, 4) is 11.4 Å². The highest BCUT2D eigenvalue weighted by Gasteiger charge is 2.14. The number of rotatable bonds is 3. The van der Waals surface area contributed by atoms with Crippen LogP contribution in [0.15, 0.2) is 66.0 Å². The Morgan fingerprint density at radius 2 is 1.80 bits per heavy atom. The van der Waals surface area contributed by atoms with Crippen molar-refractivity contribution in [2.24, 2.45) is 0 Å². The fourth-order valence-electron chi connectivity index (χ4n) is 3.21. The number of aliphatic hydroxyl groups excluding tert-OH is 1. The van der Waals surface area contributed by atoms with Gasteiger partial charge in [-0.15, -0.1) is 11.3 Å². The Hall–Kier alpha value is -2.89. The van der Waals surface area contributed by atoms with E-state index in [0.29, 0.717) is 0 Å². The molecule has 2 aromatic carbocycles. The fourth-order valence-corrected chi connectivity index (χ4v) is 4.05. The van der Waals surface area contributed by atoms with Gasteiger partial charge in [-0.2, -0.15) is 5.10 Å². The summed E-state index contributed by atoms with van der Waals surface area (Å²) >= 11 is 1.68. The van der Waals surface area contributed by atoms with Gasteiger partial charge in [0.25, 0.3) is 0 Å². The van der Waals surface area contributed by atoms with Gasteiger partial charge in [0.2, 0.25) is 0 Å². The van der Waals surface area contributed by atoms with Crippen LogP contribution < -0.4 is 0 Å². The van der Waals surface area contributed by atoms with Gasteiger partial charge in [0.05, 0.1) is 15.9 Å². The van der Waals surface area contributed by atoms with E-state index in [2.05, 4.69) is 26.6 Å². The van der Waals surface area contributed by atoms with E-state index in [4.69, 9.17) is 0 Å². The lowest BCUT2D eigenvalue weighted by Crippen LogP contribution is -1.98. The largest absolute Gasteiger partial charge is 0.384 e. The lowest BCUT2D eigenvalue weighted by atomic mass is 10.0. The molecule has 3 aromatic heterocycles. The Labute approximate surface area is 147 Å². The number of H-pyrrole nitrogens is 2. The SMILES string of the molecule is OC(c1ccccc1)c1ccc2[nH]c(-c3n[nH]c4ccsc34)cc2c1. The second kappa shape index (κ2) is 5.58. The Kier molecular flexibility index (Phi) is 3.23. The molecule has 1 atom stereocenters. The van der Waals surface area contributed by atoms with Gasteiger partial charge in [0.1, 0.15) is 11.8 Å². The van der Waals surface area contributed by atoms with Crippen LogP contribution in [-0.2, 0) is 0 Å². The summed E-state index contributed by atoms with van der Waals surface area (Å²) in [6.45, 7) is 0. The first kappa shape index (κ1) is 14.5. The van der Waals surface area contributed by atoms with E-state index in [1.54, 1.807) is 11.3 Å². The third kappa shape index (κ3) is 2.36. The zero-order valence-electron chi connectivity index (χ0n) is 13.2. The first-order chi connectivity index (χ1) is 12.3. The smallest absolute Gasteiger partial charge is 0.126 e. The third-order valence-electron chi connectivity index (χ3n) is 4.50. The molecule has 5 rings (SSSR count). The summed E-state index contributed by atoms with van der Waals surface area (Å²) in [5.74, 6) is 0. The molecule has 3 N–H and O–H groups in total. The molecule has 4 nitrogen and oxygen atoms in total. The van der Waals surface area contributed by atoms with Gasteiger partial charge in [0.15, 0.2) is 0 Å². The number of hydrogen-bond acceptors (Lipinski definition) is 3. The quantitative estimate of drug-likeness (QED) is 0.437. The number of thiophene rings is 1. The molecule has 5 heteroatoms. The van der Waals surface area contributed by atoms with Crippen molar-refractivity contribution in [2.75, 3.05) is 0 Å². The molecule has 0 amide bonds. The van der Waals surface area contributed by atoms with Gasteiger partial charge >= 0.3 is 0 Å². The van der Waals surface area contributed by atoms with Crippen molar-refractivity contribution in [3.63, 3.8) is 0 Å². The molecule has 25 heavy (non-hydrogen) atoms. The van der Waals surface area contributed by atoms with Gasteiger partial charge in [-0.3, -0.25) is 5.10 Å². The van der Waals surface area contributed by atoms with Gasteiger partial charge in [-0.25, -0.2) is 0 Å². The zero-order chi connectivity index (χ0) is 16.8. The van der Waals surface area contributed by atoms with Crippen molar-refractivity contribution < 1.29 is 5.11 Å². The number of aliphatic hydroxyl groups is 1. The summed E-state index contributed by atoms with van der Waals surface area (Å²) < 4.78 is 1.15. The van der Waals surface area contributed by atoms with Crippen molar-refractivity contribution in [1.82, 2.24) is 15.2 Å². The van der Waals surface area contributed by atoms with Crippen LogP contribution in [0.4, 0.5) is 0 Å². The summed E-state index contributed by atoms with van der Waals surface area (Å²) in [5.41, 5.74) is 5.78. The number of nitrogens with one attached hydrogen (secondary N) is 2. The highest BCUT2D eigenvalue weighted by molar-refractivity contribution is 7.17. The zero-order valence-corrected chi connectivity index (χ0v) is 14.0. The van der Waals surface area contributed by atoms with Crippen LogP contribution in [0.1, 0.15) is 17.2 Å². The standard InChI is InChI=1S/C20H15N3OS/c24-19(12-4-2-1-3-5-12)13-6-7-15-14(10-13)11-17(21-15)18-20-16(22-23-18)8-9-25-20/h1-11,19,21,24H,(H,22,23). The van der Waals surface area contributed by atoms with Crippen LogP contribution in [0.2, 0.25) is 0 Å². The first-order valence-electron chi connectivity index (χ1n) is 8.07. The number of fused-ring (bicyclic) bond motifs is 2. The highest BCUT2D eigenvalue weighted by Crippen LogP contribution is 2.33. The minimum Gasteiger partial charge on any atom is -0.384 e. The van der Waals surface area contributed by atoms with Crippen molar-refractivity contribution in [1.29, 1.82) is 0 Å². The Balaban J connectivity index is 1.58. The van der Waals surface area contributed by atoms with Crippen LogP contribution in [-0.4, -0.2) is 20.3 Å². The summed E-state index contributed by atoms with van der Waals surface area (Å²) in [6, 6.07) is 19.8. The molecular formula is C20H15N3OS. The maximum Gasteiger partial charge on any atom is 0.126 e. The molecular weight excluding hydrogens is 330 g/mol. The van der Waals surface area contributed by atoms with Crippen LogP contribution in [0, 0.1) is 0 Å². The maximum absolute atomic E-state index is 10.6. The molecule has 0 aliphatic heterocycles. The van der Waals surface area contributed by atoms with Crippen molar-refractivity contribution in [3.05, 3.63) is 77.2 Å². The fraction of sp³-hybridized carbons (Fsp3) is 0.0500. The molecule has 0 aliphatic rings. The Bertz CT molecular complexity index is 1170. The molecule has 0 saturated carbocycles. The predicted molar refractivity (Wildman–Crippen MR) is 102 cm³/mol. The number of hydrogen-bond donors (Lipinski definition) is 3. The highest BCUT2D eigenvalue weighted by atomic mass is 32.1. The van der Waals surface area contributed by atoms with E-state index in [9.17, 15) is 5.11 Å². The second-order valence-corrected chi connectivity index (χ2v) is 6.99. The van der Waals surface area contributed by atoms with E-state index in [1.807, 2.05) is 54.6 Å². The number of nitrogens with zero attached hydrogens (tertiary/aromatic N) is 1. The average Bonchev–Trinajstić information content (AvgIpc) is 3.35. The third-order valence-corrected chi connectivity index (χ3v) is 5.42. The maximum atomic E-state index is 10.6. The van der Waals surface area contributed by atoms with Crippen LogP contribution in [0.5, 0.6) is 0 Å². The number of benzene rings is 2. The van der Waals surface area contributed by atoms with Gasteiger partial charge < -0.3 is 10.1 Å². The summed E-state index contributed by atoms with van der Waals surface area (Å²) in [4.78, 5) is 3.43. The Morgan fingerprint density at radius 1 is 0.920 bits per heavy atom. The van der Waals surface area contributed by atoms with E-state index < -0.39 is 6.10 Å². The van der Waals surface area contributed by atoms with Gasteiger partial charge in [-0.05, 0) is 40.8 Å². The summed E-state index contributed by atoms with van der Waals surface area (Å²) in [7, 11) is 0. The molecule has 0 fully saturated rings. The number of aromatic amines is 2. The molecule has 0 spiro atoms. The summed E-state index contributed by atoms with van der Waals surface area (Å²) in [6.07, 6.45) is -0.627. The minimum absolute atomic E-state index is 0.627. The second-order valence-electron chi connectivity index (χ2n) is 6.08. The van der Waals surface area contributed by atoms with Gasteiger partial charge in [0, 0.05) is 10.9 Å². The lowest BCUT2D eigenvalue weighted by Gasteiger charge is -2.11. The molecule has 0 aliphatic carbocycles. The van der Waals surface area contributed by atoms with Crippen molar-refractivity contribution >= 4 is 32.5 Å². The monoisotopic (exact) mass is 345 g/mol. The Morgan fingerprint density at radius 3 is 2.68 bits per heavy atom. The number of aromatic nitrogens is 3. The van der Waals surface area contributed by atoms with E-state index in [0.717, 1.165) is 43.6 Å².